The average Bonchev–Trinajstić information content (AvgIpc) is 2.77. The molecule has 0 saturated carbocycles. The van der Waals surface area contributed by atoms with Gasteiger partial charge in [0.25, 0.3) is 0 Å². The van der Waals surface area contributed by atoms with E-state index in [-0.39, 0.29) is 5.54 Å². The molecule has 0 spiro atoms. The first-order chi connectivity index (χ1) is 9.52. The van der Waals surface area contributed by atoms with Crippen LogP contribution in [0.15, 0.2) is 29.3 Å². The number of nitrogens with two attached hydrogens (primary N) is 1. The summed E-state index contributed by atoms with van der Waals surface area (Å²) in [5, 5.41) is 0.743. The average molecular weight is 294 g/mol. The van der Waals surface area contributed by atoms with Crippen molar-refractivity contribution in [2.45, 2.75) is 45.6 Å². The van der Waals surface area contributed by atoms with Gasteiger partial charge in [-0.3, -0.25) is 4.99 Å². The predicted molar refractivity (Wildman–Crippen MR) is 87.5 cm³/mol. The van der Waals surface area contributed by atoms with Crippen LogP contribution in [-0.4, -0.2) is 18.0 Å². The Morgan fingerprint density at radius 1 is 1.35 bits per heavy atom. The van der Waals surface area contributed by atoms with Crippen molar-refractivity contribution >= 4 is 23.2 Å². The lowest BCUT2D eigenvalue weighted by Gasteiger charge is -2.40. The molecule has 2 N–H and O–H groups in total. The number of nitrogens with zero attached hydrogens (tertiary/aromatic N) is 2. The highest BCUT2D eigenvalue weighted by molar-refractivity contribution is 6.30. The second-order valence-electron chi connectivity index (χ2n) is 5.78. The number of halogens is 1. The Kier molecular flexibility index (Phi) is 4.59. The Balaban J connectivity index is 2.34. The zero-order valence-corrected chi connectivity index (χ0v) is 13.3. The summed E-state index contributed by atoms with van der Waals surface area (Å²) in [6.45, 7) is 7.54. The van der Waals surface area contributed by atoms with E-state index in [0.717, 1.165) is 30.1 Å². The number of benzene rings is 1. The van der Waals surface area contributed by atoms with Gasteiger partial charge in [-0.1, -0.05) is 38.8 Å². The summed E-state index contributed by atoms with van der Waals surface area (Å²) < 4.78 is 0. The van der Waals surface area contributed by atoms with Crippen molar-refractivity contribution < 1.29 is 0 Å². The first-order valence-corrected chi connectivity index (χ1v) is 7.76. The van der Waals surface area contributed by atoms with E-state index in [1.807, 2.05) is 24.3 Å². The molecular formula is C16H24ClN3. The number of aliphatic imine (C=N–C) groups is 1. The van der Waals surface area contributed by atoms with E-state index in [0.29, 0.717) is 11.9 Å². The fourth-order valence-electron chi connectivity index (χ4n) is 2.97. The van der Waals surface area contributed by atoms with Gasteiger partial charge < -0.3 is 10.6 Å². The van der Waals surface area contributed by atoms with Gasteiger partial charge in [-0.05, 0) is 43.0 Å². The van der Waals surface area contributed by atoms with Gasteiger partial charge in [-0.15, -0.1) is 0 Å². The molecule has 1 aromatic rings. The fourth-order valence-corrected chi connectivity index (χ4v) is 3.10. The van der Waals surface area contributed by atoms with Crippen LogP contribution in [0.3, 0.4) is 0 Å². The van der Waals surface area contributed by atoms with Crippen LogP contribution in [0.1, 0.15) is 40.0 Å². The molecule has 0 fully saturated rings. The van der Waals surface area contributed by atoms with Crippen LogP contribution in [0.25, 0.3) is 0 Å². The number of guanidine groups is 1. The molecule has 1 aromatic carbocycles. The zero-order chi connectivity index (χ0) is 14.8. The molecule has 0 aromatic heterocycles. The highest BCUT2D eigenvalue weighted by Gasteiger charge is 2.42. The van der Waals surface area contributed by atoms with Crippen molar-refractivity contribution in [3.05, 3.63) is 29.3 Å². The summed E-state index contributed by atoms with van der Waals surface area (Å²) in [6, 6.07) is 7.87. The van der Waals surface area contributed by atoms with Gasteiger partial charge in [0, 0.05) is 10.7 Å². The number of hydrogen-bond donors (Lipinski definition) is 1. The molecule has 1 heterocycles. The van der Waals surface area contributed by atoms with E-state index in [2.05, 4.69) is 30.7 Å². The predicted octanol–water partition coefficient (Wildman–Crippen LogP) is 4.06. The zero-order valence-electron chi connectivity index (χ0n) is 12.6. The van der Waals surface area contributed by atoms with Crippen molar-refractivity contribution in [2.24, 2.45) is 16.6 Å². The third-order valence-electron chi connectivity index (χ3n) is 4.41. The maximum Gasteiger partial charge on any atom is 0.196 e. The van der Waals surface area contributed by atoms with Gasteiger partial charge in [-0.25, -0.2) is 0 Å². The standard InChI is InChI=1S/C16H24ClN3/c1-4-12(3)10-16(5-2)11-19-15(18)20(16)14-8-6-13(17)7-9-14/h6-9,12H,4-5,10-11H2,1-3H3,(H2,18,19). The molecule has 4 heteroatoms. The lowest BCUT2D eigenvalue weighted by Crippen LogP contribution is -2.52. The number of anilines is 1. The maximum atomic E-state index is 6.16. The largest absolute Gasteiger partial charge is 0.369 e. The topological polar surface area (TPSA) is 41.6 Å². The lowest BCUT2D eigenvalue weighted by molar-refractivity contribution is 0.333. The number of rotatable bonds is 5. The van der Waals surface area contributed by atoms with Crippen LogP contribution in [0.2, 0.25) is 5.02 Å². The second kappa shape index (κ2) is 6.04. The van der Waals surface area contributed by atoms with Crippen LogP contribution in [0.5, 0.6) is 0 Å². The first-order valence-electron chi connectivity index (χ1n) is 7.38. The summed E-state index contributed by atoms with van der Waals surface area (Å²) in [4.78, 5) is 6.72. The Morgan fingerprint density at radius 3 is 2.55 bits per heavy atom. The Morgan fingerprint density at radius 2 is 2.00 bits per heavy atom. The summed E-state index contributed by atoms with van der Waals surface area (Å²) >= 11 is 5.99. The Bertz CT molecular complexity index is 483. The minimum Gasteiger partial charge on any atom is -0.369 e. The molecule has 1 aliphatic rings. The van der Waals surface area contributed by atoms with E-state index in [1.54, 1.807) is 0 Å². The molecule has 2 unspecified atom stereocenters. The normalized spacial score (nSPS) is 23.8. The molecule has 0 saturated heterocycles. The van der Waals surface area contributed by atoms with Gasteiger partial charge in [0.05, 0.1) is 12.1 Å². The molecular weight excluding hydrogens is 270 g/mol. The molecule has 3 nitrogen and oxygen atoms in total. The lowest BCUT2D eigenvalue weighted by atomic mass is 9.83. The second-order valence-corrected chi connectivity index (χ2v) is 6.22. The van der Waals surface area contributed by atoms with Gasteiger partial charge in [0.1, 0.15) is 0 Å². The Labute approximate surface area is 126 Å². The molecule has 0 radical (unpaired) electrons. The van der Waals surface area contributed by atoms with Gasteiger partial charge in [0.2, 0.25) is 0 Å². The molecule has 20 heavy (non-hydrogen) atoms. The van der Waals surface area contributed by atoms with Crippen LogP contribution in [0, 0.1) is 5.92 Å². The molecule has 110 valence electrons. The summed E-state index contributed by atoms with van der Waals surface area (Å²) in [6.07, 6.45) is 3.31. The summed E-state index contributed by atoms with van der Waals surface area (Å²) in [5.41, 5.74) is 7.25. The summed E-state index contributed by atoms with van der Waals surface area (Å²) in [5.74, 6) is 1.28. The maximum absolute atomic E-state index is 6.16. The van der Waals surface area contributed by atoms with E-state index in [1.165, 1.54) is 6.42 Å². The van der Waals surface area contributed by atoms with Crippen molar-refractivity contribution in [2.75, 3.05) is 11.4 Å². The van der Waals surface area contributed by atoms with Crippen molar-refractivity contribution in [1.82, 2.24) is 0 Å². The van der Waals surface area contributed by atoms with E-state index < -0.39 is 0 Å². The molecule has 1 aliphatic heterocycles. The third kappa shape index (κ3) is 2.78. The van der Waals surface area contributed by atoms with Gasteiger partial charge >= 0.3 is 0 Å². The highest BCUT2D eigenvalue weighted by Crippen LogP contribution is 2.37. The van der Waals surface area contributed by atoms with E-state index in [4.69, 9.17) is 17.3 Å². The minimum absolute atomic E-state index is 0.00728. The van der Waals surface area contributed by atoms with Crippen LogP contribution >= 0.6 is 11.6 Å². The Hall–Kier alpha value is -1.22. The first kappa shape index (κ1) is 15.2. The van der Waals surface area contributed by atoms with Crippen molar-refractivity contribution in [3.63, 3.8) is 0 Å². The molecule has 0 bridgehead atoms. The van der Waals surface area contributed by atoms with Gasteiger partial charge in [-0.2, -0.15) is 0 Å². The van der Waals surface area contributed by atoms with Crippen LogP contribution < -0.4 is 10.6 Å². The highest BCUT2D eigenvalue weighted by atomic mass is 35.5. The SMILES string of the molecule is CCC(C)CC1(CC)CN=C(N)N1c1ccc(Cl)cc1. The molecule has 2 rings (SSSR count). The number of hydrogen-bond acceptors (Lipinski definition) is 3. The summed E-state index contributed by atoms with van der Waals surface area (Å²) in [7, 11) is 0. The van der Waals surface area contributed by atoms with Crippen LogP contribution in [0.4, 0.5) is 5.69 Å². The third-order valence-corrected chi connectivity index (χ3v) is 4.66. The molecule has 0 aliphatic carbocycles. The van der Waals surface area contributed by atoms with Gasteiger partial charge in [0.15, 0.2) is 5.96 Å². The quantitative estimate of drug-likeness (QED) is 0.889. The smallest absolute Gasteiger partial charge is 0.196 e. The van der Waals surface area contributed by atoms with Crippen molar-refractivity contribution in [1.29, 1.82) is 0 Å². The molecule has 2 atom stereocenters. The van der Waals surface area contributed by atoms with E-state index >= 15 is 0 Å². The van der Waals surface area contributed by atoms with Crippen LogP contribution in [-0.2, 0) is 0 Å². The van der Waals surface area contributed by atoms with Crippen molar-refractivity contribution in [3.8, 4) is 0 Å². The fraction of sp³-hybridized carbons (Fsp3) is 0.562. The molecule has 0 amide bonds. The minimum atomic E-state index is 0.00728. The monoisotopic (exact) mass is 293 g/mol. The van der Waals surface area contributed by atoms with E-state index in [9.17, 15) is 0 Å².